The second-order valence-electron chi connectivity index (χ2n) is 1.62. The van der Waals surface area contributed by atoms with Crippen molar-refractivity contribution >= 4 is 11.9 Å². The molecule has 1 atom stereocenters. The molecule has 2 aliphatic heterocycles. The standard InChI is InChI=1S/C5H4N2/c1-2-6-3-5-4(1)7-5/h1-4H. The number of rotatable bonds is 0. The Kier molecular flexibility index (Phi) is 0.372. The Hall–Kier alpha value is -0.920. The molecule has 2 aliphatic rings. The minimum absolute atomic E-state index is 0.414. The van der Waals surface area contributed by atoms with Crippen molar-refractivity contribution in [3.63, 3.8) is 0 Å². The molecule has 0 saturated heterocycles. The van der Waals surface area contributed by atoms with Gasteiger partial charge in [-0.3, -0.25) is 9.98 Å². The summed E-state index contributed by atoms with van der Waals surface area (Å²) < 4.78 is 0. The Bertz CT molecular complexity index is 177. The van der Waals surface area contributed by atoms with Crippen molar-refractivity contribution in [2.24, 2.45) is 9.98 Å². The van der Waals surface area contributed by atoms with Gasteiger partial charge in [-0.25, -0.2) is 0 Å². The molecule has 0 aromatic rings. The quantitative estimate of drug-likeness (QED) is 0.413. The average Bonchev–Trinajstić information content (AvgIpc) is 2.41. The monoisotopic (exact) mass is 92.0 g/mol. The number of hydrogen-bond acceptors (Lipinski definition) is 2. The Morgan fingerprint density at radius 2 is 2.57 bits per heavy atom. The molecule has 2 rings (SSSR count). The molecule has 0 aromatic heterocycles. The lowest BCUT2D eigenvalue weighted by molar-refractivity contribution is 1.27. The lowest BCUT2D eigenvalue weighted by Gasteiger charge is -1.83. The molecule has 2 nitrogen and oxygen atoms in total. The normalized spacial score (nSPS) is 32.0. The van der Waals surface area contributed by atoms with Crippen LogP contribution in [0.15, 0.2) is 22.3 Å². The van der Waals surface area contributed by atoms with Crippen LogP contribution < -0.4 is 0 Å². The van der Waals surface area contributed by atoms with Gasteiger partial charge in [0.2, 0.25) is 0 Å². The van der Waals surface area contributed by atoms with E-state index in [0.29, 0.717) is 6.04 Å². The van der Waals surface area contributed by atoms with Crippen LogP contribution in [0.5, 0.6) is 0 Å². The van der Waals surface area contributed by atoms with E-state index in [1.54, 1.807) is 12.4 Å². The fourth-order valence-electron chi connectivity index (χ4n) is 0.625. The van der Waals surface area contributed by atoms with Gasteiger partial charge in [0.15, 0.2) is 0 Å². The summed E-state index contributed by atoms with van der Waals surface area (Å²) >= 11 is 0. The average molecular weight is 92.1 g/mol. The predicted octanol–water partition coefficient (Wildman–Crippen LogP) is 0.408. The predicted molar refractivity (Wildman–Crippen MR) is 28.9 cm³/mol. The molecule has 0 radical (unpaired) electrons. The Balaban J connectivity index is 2.38. The van der Waals surface area contributed by atoms with Gasteiger partial charge in [0.1, 0.15) is 6.04 Å². The van der Waals surface area contributed by atoms with Crippen molar-refractivity contribution < 1.29 is 0 Å². The van der Waals surface area contributed by atoms with E-state index in [0.717, 1.165) is 5.71 Å². The first-order valence-corrected chi connectivity index (χ1v) is 2.24. The largest absolute Gasteiger partial charge is 0.272 e. The zero-order valence-corrected chi connectivity index (χ0v) is 3.70. The number of nitrogens with zero attached hydrogens (tertiary/aromatic N) is 2. The first kappa shape index (κ1) is 3.13. The van der Waals surface area contributed by atoms with Gasteiger partial charge in [-0.15, -0.1) is 0 Å². The second-order valence-corrected chi connectivity index (χ2v) is 1.62. The summed E-state index contributed by atoms with van der Waals surface area (Å²) in [7, 11) is 0. The third-order valence-corrected chi connectivity index (χ3v) is 1.08. The van der Waals surface area contributed by atoms with E-state index in [4.69, 9.17) is 0 Å². The summed E-state index contributed by atoms with van der Waals surface area (Å²) in [6.07, 6.45) is 5.56. The molecule has 2 heterocycles. The molecule has 34 valence electrons. The molecule has 0 fully saturated rings. The van der Waals surface area contributed by atoms with Crippen molar-refractivity contribution in [1.82, 2.24) is 0 Å². The van der Waals surface area contributed by atoms with Gasteiger partial charge in [-0.1, -0.05) is 0 Å². The number of hydrogen-bond donors (Lipinski definition) is 0. The summed E-state index contributed by atoms with van der Waals surface area (Å²) in [4.78, 5) is 7.90. The lowest BCUT2D eigenvalue weighted by atomic mass is 10.3. The maximum atomic E-state index is 4.03. The fraction of sp³-hybridized carbons (Fsp3) is 0.200. The van der Waals surface area contributed by atoms with Crippen LogP contribution in [0.2, 0.25) is 0 Å². The van der Waals surface area contributed by atoms with Crippen molar-refractivity contribution in [2.75, 3.05) is 0 Å². The van der Waals surface area contributed by atoms with E-state index < -0.39 is 0 Å². The summed E-state index contributed by atoms with van der Waals surface area (Å²) in [5, 5.41) is 0. The molecule has 0 saturated carbocycles. The van der Waals surface area contributed by atoms with E-state index in [1.807, 2.05) is 6.08 Å². The van der Waals surface area contributed by atoms with Crippen LogP contribution >= 0.6 is 0 Å². The zero-order chi connectivity index (χ0) is 4.69. The number of aliphatic imine (C=N–C) groups is 2. The Morgan fingerprint density at radius 3 is 3.14 bits per heavy atom. The molecule has 0 N–H and O–H groups in total. The van der Waals surface area contributed by atoms with Crippen molar-refractivity contribution in [3.8, 4) is 0 Å². The maximum Gasteiger partial charge on any atom is 0.113 e. The number of fused-ring (bicyclic) bond motifs is 1. The van der Waals surface area contributed by atoms with Crippen LogP contribution in [0.25, 0.3) is 0 Å². The topological polar surface area (TPSA) is 24.7 Å². The highest BCUT2D eigenvalue weighted by atomic mass is 15.0. The SMILES string of the molecule is C1=CC2N=C2C=N1. The summed E-state index contributed by atoms with van der Waals surface area (Å²) in [5.74, 6) is 0. The third kappa shape index (κ3) is 0.330. The lowest BCUT2D eigenvalue weighted by Crippen LogP contribution is -1.96. The highest BCUT2D eigenvalue weighted by Crippen LogP contribution is 2.13. The van der Waals surface area contributed by atoms with Gasteiger partial charge < -0.3 is 0 Å². The van der Waals surface area contributed by atoms with Crippen molar-refractivity contribution in [1.29, 1.82) is 0 Å². The molecule has 0 aliphatic carbocycles. The minimum atomic E-state index is 0.414. The van der Waals surface area contributed by atoms with E-state index in [1.165, 1.54) is 0 Å². The van der Waals surface area contributed by atoms with Crippen molar-refractivity contribution in [3.05, 3.63) is 12.3 Å². The minimum Gasteiger partial charge on any atom is -0.272 e. The van der Waals surface area contributed by atoms with Gasteiger partial charge in [0.25, 0.3) is 0 Å². The van der Waals surface area contributed by atoms with Crippen LogP contribution in [-0.4, -0.2) is 18.0 Å². The highest BCUT2D eigenvalue weighted by Gasteiger charge is 2.23. The first-order valence-electron chi connectivity index (χ1n) is 2.24. The van der Waals surface area contributed by atoms with Gasteiger partial charge >= 0.3 is 0 Å². The molecule has 1 unspecified atom stereocenters. The van der Waals surface area contributed by atoms with E-state index in [-0.39, 0.29) is 0 Å². The molecule has 0 spiro atoms. The molecular formula is C5H4N2. The Labute approximate surface area is 41.3 Å². The van der Waals surface area contributed by atoms with Gasteiger partial charge in [0, 0.05) is 6.20 Å². The fourth-order valence-corrected chi connectivity index (χ4v) is 0.625. The smallest absolute Gasteiger partial charge is 0.113 e. The molecule has 0 aromatic carbocycles. The maximum absolute atomic E-state index is 4.03. The molecule has 2 heteroatoms. The van der Waals surface area contributed by atoms with Crippen molar-refractivity contribution in [2.45, 2.75) is 6.04 Å². The molecule has 0 amide bonds. The van der Waals surface area contributed by atoms with Crippen LogP contribution in [0, 0.1) is 0 Å². The van der Waals surface area contributed by atoms with E-state index in [2.05, 4.69) is 9.98 Å². The van der Waals surface area contributed by atoms with Crippen LogP contribution in [0.1, 0.15) is 0 Å². The summed E-state index contributed by atoms with van der Waals surface area (Å²) in [6, 6.07) is 0.414. The van der Waals surface area contributed by atoms with Crippen LogP contribution in [0.3, 0.4) is 0 Å². The van der Waals surface area contributed by atoms with E-state index in [9.17, 15) is 0 Å². The van der Waals surface area contributed by atoms with Gasteiger partial charge in [-0.2, -0.15) is 0 Å². The van der Waals surface area contributed by atoms with Gasteiger partial charge in [0.05, 0.1) is 11.9 Å². The summed E-state index contributed by atoms with van der Waals surface area (Å²) in [5.41, 5.74) is 1.13. The highest BCUT2D eigenvalue weighted by molar-refractivity contribution is 6.40. The summed E-state index contributed by atoms with van der Waals surface area (Å²) in [6.45, 7) is 0. The first-order chi connectivity index (χ1) is 3.47. The van der Waals surface area contributed by atoms with Crippen LogP contribution in [0.4, 0.5) is 0 Å². The Morgan fingerprint density at radius 1 is 1.57 bits per heavy atom. The van der Waals surface area contributed by atoms with Crippen LogP contribution in [-0.2, 0) is 0 Å². The third-order valence-electron chi connectivity index (χ3n) is 1.08. The molecule has 7 heavy (non-hydrogen) atoms. The zero-order valence-electron chi connectivity index (χ0n) is 3.70. The molecule has 0 bridgehead atoms. The van der Waals surface area contributed by atoms with E-state index >= 15 is 0 Å². The molecular weight excluding hydrogens is 88.1 g/mol. The van der Waals surface area contributed by atoms with Gasteiger partial charge in [-0.05, 0) is 6.08 Å². The second kappa shape index (κ2) is 0.832.